The van der Waals surface area contributed by atoms with Crippen molar-refractivity contribution in [2.24, 2.45) is 0 Å². The van der Waals surface area contributed by atoms with E-state index in [0.29, 0.717) is 6.61 Å². The lowest BCUT2D eigenvalue weighted by atomic mass is 9.97. The Labute approximate surface area is 203 Å². The molecule has 0 saturated carbocycles. The van der Waals surface area contributed by atoms with Crippen LogP contribution in [0.1, 0.15) is 35.1 Å². The smallest absolute Gasteiger partial charge is 0.251 e. The summed E-state index contributed by atoms with van der Waals surface area (Å²) in [5, 5.41) is 3.09. The second-order valence-corrected chi connectivity index (χ2v) is 9.39. The van der Waals surface area contributed by atoms with E-state index in [4.69, 9.17) is 4.74 Å². The highest BCUT2D eigenvalue weighted by Crippen LogP contribution is 2.30. The summed E-state index contributed by atoms with van der Waals surface area (Å²) in [5.74, 6) is 0.763. The molecule has 176 valence electrons. The third kappa shape index (κ3) is 5.95. The van der Waals surface area contributed by atoms with Crippen molar-refractivity contribution < 1.29 is 9.53 Å². The van der Waals surface area contributed by atoms with E-state index in [-0.39, 0.29) is 5.91 Å². The van der Waals surface area contributed by atoms with Gasteiger partial charge in [-0.2, -0.15) is 0 Å². The number of ether oxygens (including phenoxy) is 1. The van der Waals surface area contributed by atoms with E-state index in [1.54, 1.807) is 0 Å². The molecule has 0 unspecified atom stereocenters. The Bertz CT molecular complexity index is 1190. The lowest BCUT2D eigenvalue weighted by Gasteiger charge is -2.14. The molecule has 4 heteroatoms. The van der Waals surface area contributed by atoms with Crippen molar-refractivity contribution in [2.75, 3.05) is 32.6 Å². The maximum Gasteiger partial charge on any atom is 0.251 e. The van der Waals surface area contributed by atoms with Gasteiger partial charge in [0.15, 0.2) is 0 Å². The van der Waals surface area contributed by atoms with Gasteiger partial charge in [-0.1, -0.05) is 48.0 Å². The fourth-order valence-electron chi connectivity index (χ4n) is 4.17. The molecule has 0 saturated heterocycles. The minimum atomic E-state index is -0.0447. The number of amides is 1. The molecule has 4 rings (SSSR count). The minimum absolute atomic E-state index is 0.0447. The molecule has 1 aliphatic carbocycles. The molecule has 0 bridgehead atoms. The Hall–Kier alpha value is -3.37. The van der Waals surface area contributed by atoms with Crippen molar-refractivity contribution >= 4 is 17.7 Å². The number of benzene rings is 3. The standard InChI is InChI=1S/C30H34N2O2/c1-21-8-11-24(12-9-21)25-14-13-23-6-5-7-26(19-27(23)18-25)30(33)31-28-15-10-22(2)29(20-28)34-17-16-32(3)4/h8-15,18-20H,5-7,16-17H2,1-4H3,(H,31,33). The van der Waals surface area contributed by atoms with Gasteiger partial charge >= 0.3 is 0 Å². The molecule has 1 aliphatic rings. The van der Waals surface area contributed by atoms with E-state index >= 15 is 0 Å². The van der Waals surface area contributed by atoms with Gasteiger partial charge in [0.2, 0.25) is 0 Å². The summed E-state index contributed by atoms with van der Waals surface area (Å²) in [6.45, 7) is 5.57. The van der Waals surface area contributed by atoms with Gasteiger partial charge in [-0.25, -0.2) is 0 Å². The maximum atomic E-state index is 13.2. The van der Waals surface area contributed by atoms with Crippen molar-refractivity contribution in [3.05, 3.63) is 88.5 Å². The summed E-state index contributed by atoms with van der Waals surface area (Å²) in [4.78, 5) is 15.3. The monoisotopic (exact) mass is 454 g/mol. The summed E-state index contributed by atoms with van der Waals surface area (Å²) in [6, 6.07) is 21.0. The van der Waals surface area contributed by atoms with Gasteiger partial charge in [-0.05, 0) is 93.2 Å². The molecule has 4 nitrogen and oxygen atoms in total. The summed E-state index contributed by atoms with van der Waals surface area (Å²) in [5.41, 5.74) is 8.68. The summed E-state index contributed by atoms with van der Waals surface area (Å²) in [7, 11) is 4.05. The second-order valence-electron chi connectivity index (χ2n) is 9.39. The molecule has 0 heterocycles. The van der Waals surface area contributed by atoms with Crippen LogP contribution in [0, 0.1) is 13.8 Å². The first kappa shape index (κ1) is 23.8. The first-order valence-electron chi connectivity index (χ1n) is 12.0. The summed E-state index contributed by atoms with van der Waals surface area (Å²) in [6.07, 6.45) is 4.77. The zero-order chi connectivity index (χ0) is 24.1. The molecule has 1 N–H and O–H groups in total. The van der Waals surface area contributed by atoms with E-state index in [1.165, 1.54) is 22.3 Å². The third-order valence-electron chi connectivity index (χ3n) is 6.29. The fraction of sp³-hybridized carbons (Fsp3) is 0.300. The average Bonchev–Trinajstić information content (AvgIpc) is 3.03. The number of hydrogen-bond donors (Lipinski definition) is 1. The third-order valence-corrected chi connectivity index (χ3v) is 6.29. The number of fused-ring (bicyclic) bond motifs is 1. The molecule has 0 spiro atoms. The molecule has 3 aromatic rings. The number of hydrogen-bond acceptors (Lipinski definition) is 3. The minimum Gasteiger partial charge on any atom is -0.492 e. The summed E-state index contributed by atoms with van der Waals surface area (Å²) >= 11 is 0. The Morgan fingerprint density at radius 3 is 2.47 bits per heavy atom. The Morgan fingerprint density at radius 2 is 1.71 bits per heavy atom. The average molecular weight is 455 g/mol. The number of anilines is 1. The normalized spacial score (nSPS) is 13.1. The lowest BCUT2D eigenvalue weighted by molar-refractivity contribution is -0.112. The van der Waals surface area contributed by atoms with Crippen LogP contribution in [0.25, 0.3) is 17.2 Å². The molecule has 0 fully saturated rings. The highest BCUT2D eigenvalue weighted by Gasteiger charge is 2.16. The Morgan fingerprint density at radius 1 is 0.941 bits per heavy atom. The van der Waals surface area contributed by atoms with Crippen LogP contribution in [0.4, 0.5) is 5.69 Å². The van der Waals surface area contributed by atoms with E-state index < -0.39 is 0 Å². The first-order chi connectivity index (χ1) is 16.4. The van der Waals surface area contributed by atoms with Crippen LogP contribution >= 0.6 is 0 Å². The molecular formula is C30H34N2O2. The number of aryl methyl sites for hydroxylation is 3. The van der Waals surface area contributed by atoms with Gasteiger partial charge in [0.25, 0.3) is 5.91 Å². The SMILES string of the molecule is Cc1ccc(-c2ccc3c(c2)C=C(C(=O)Nc2ccc(C)c(OCCN(C)C)c2)CCC3)cc1. The zero-order valence-electron chi connectivity index (χ0n) is 20.7. The number of nitrogens with zero attached hydrogens (tertiary/aromatic N) is 1. The van der Waals surface area contributed by atoms with E-state index in [2.05, 4.69) is 65.7 Å². The van der Waals surface area contributed by atoms with Crippen LogP contribution < -0.4 is 10.1 Å². The number of nitrogens with one attached hydrogen (secondary N) is 1. The molecule has 0 atom stereocenters. The van der Waals surface area contributed by atoms with Crippen LogP contribution in [0.2, 0.25) is 0 Å². The number of likely N-dealkylation sites (N-methyl/N-ethyl adjacent to an activating group) is 1. The van der Waals surface area contributed by atoms with Gasteiger partial charge in [0.1, 0.15) is 12.4 Å². The van der Waals surface area contributed by atoms with Crippen molar-refractivity contribution in [3.63, 3.8) is 0 Å². The van der Waals surface area contributed by atoms with Crippen LogP contribution in [-0.2, 0) is 11.2 Å². The topological polar surface area (TPSA) is 41.6 Å². The van der Waals surface area contributed by atoms with Gasteiger partial charge < -0.3 is 15.0 Å². The van der Waals surface area contributed by atoms with Crippen molar-refractivity contribution in [3.8, 4) is 16.9 Å². The van der Waals surface area contributed by atoms with Crippen LogP contribution in [-0.4, -0.2) is 38.1 Å². The highest BCUT2D eigenvalue weighted by molar-refractivity contribution is 6.07. The van der Waals surface area contributed by atoms with Crippen molar-refractivity contribution in [1.82, 2.24) is 4.90 Å². The van der Waals surface area contributed by atoms with Gasteiger partial charge in [-0.3, -0.25) is 4.79 Å². The van der Waals surface area contributed by atoms with Crippen LogP contribution in [0.5, 0.6) is 5.75 Å². The largest absolute Gasteiger partial charge is 0.492 e. The van der Waals surface area contributed by atoms with Crippen molar-refractivity contribution in [1.29, 1.82) is 0 Å². The predicted octanol–water partition coefficient (Wildman–Crippen LogP) is 6.27. The lowest BCUT2D eigenvalue weighted by Crippen LogP contribution is -2.19. The summed E-state index contributed by atoms with van der Waals surface area (Å²) < 4.78 is 5.94. The van der Waals surface area contributed by atoms with E-state index in [9.17, 15) is 4.79 Å². The van der Waals surface area contributed by atoms with Crippen molar-refractivity contribution in [2.45, 2.75) is 33.1 Å². The van der Waals surface area contributed by atoms with Crippen LogP contribution in [0.15, 0.2) is 66.2 Å². The Balaban J connectivity index is 1.53. The van der Waals surface area contributed by atoms with Gasteiger partial charge in [-0.15, -0.1) is 0 Å². The number of carbonyl (C=O) groups is 1. The second kappa shape index (κ2) is 10.7. The molecule has 34 heavy (non-hydrogen) atoms. The zero-order valence-corrected chi connectivity index (χ0v) is 20.7. The number of rotatable bonds is 7. The molecule has 0 aromatic heterocycles. The molecule has 0 radical (unpaired) electrons. The molecule has 3 aromatic carbocycles. The van der Waals surface area contributed by atoms with Gasteiger partial charge in [0, 0.05) is 23.9 Å². The van der Waals surface area contributed by atoms with Crippen LogP contribution in [0.3, 0.4) is 0 Å². The first-order valence-corrected chi connectivity index (χ1v) is 12.0. The van der Waals surface area contributed by atoms with Gasteiger partial charge in [0.05, 0.1) is 0 Å². The van der Waals surface area contributed by atoms with E-state index in [0.717, 1.165) is 53.9 Å². The molecular weight excluding hydrogens is 420 g/mol. The molecule has 0 aliphatic heterocycles. The predicted molar refractivity (Wildman–Crippen MR) is 141 cm³/mol. The Kier molecular flexibility index (Phi) is 7.49. The number of carbonyl (C=O) groups excluding carboxylic acids is 1. The maximum absolute atomic E-state index is 13.2. The quantitative estimate of drug-likeness (QED) is 0.457. The highest BCUT2D eigenvalue weighted by atomic mass is 16.5. The van der Waals surface area contributed by atoms with E-state index in [1.807, 2.05) is 39.2 Å². The molecule has 1 amide bonds. The fourth-order valence-corrected chi connectivity index (χ4v) is 4.17.